The number of rotatable bonds is 28. The second-order valence-corrected chi connectivity index (χ2v) is 23.8. The van der Waals surface area contributed by atoms with Gasteiger partial charge in [0.15, 0.2) is 0 Å². The van der Waals surface area contributed by atoms with E-state index in [1.165, 1.54) is 0 Å². The molecule has 8 nitrogen and oxygen atoms in total. The second-order valence-electron chi connectivity index (χ2n) is 17.7. The van der Waals surface area contributed by atoms with E-state index in [1.54, 1.807) is 0 Å². The van der Waals surface area contributed by atoms with Crippen LogP contribution in [0, 0.1) is 21.7 Å². The number of hydrogen-bond donors (Lipinski definition) is 0. The third-order valence-corrected chi connectivity index (χ3v) is 26.6. The Kier molecular flexibility index (Phi) is 39.7. The summed E-state index contributed by atoms with van der Waals surface area (Å²) in [6, 6.07) is 0. The van der Waals surface area contributed by atoms with E-state index in [4.69, 9.17) is 0 Å². The predicted octanol–water partition coefficient (Wildman–Crippen LogP) is 14.4. The van der Waals surface area contributed by atoms with Crippen molar-refractivity contribution in [1.82, 2.24) is 0 Å². The van der Waals surface area contributed by atoms with Crippen molar-refractivity contribution in [3.8, 4) is 0 Å². The maximum Gasteiger partial charge on any atom is 4.00 e. The Morgan fingerprint density at radius 1 is 0.230 bits per heavy atom. The van der Waals surface area contributed by atoms with E-state index in [0.717, 1.165) is 128 Å². The second kappa shape index (κ2) is 33.9. The molecule has 13 heteroatoms. The zero-order valence-electron chi connectivity index (χ0n) is 43.9. The Balaban J connectivity index is -0.000000227. The summed E-state index contributed by atoms with van der Waals surface area (Å²) in [4.78, 5) is 46.7. The summed E-state index contributed by atoms with van der Waals surface area (Å²) in [5, 5.41) is -1.85. The van der Waals surface area contributed by atoms with Gasteiger partial charge in [-0.25, -0.2) is 0 Å². The van der Waals surface area contributed by atoms with Crippen LogP contribution in [0.15, 0.2) is 0 Å². The fourth-order valence-corrected chi connectivity index (χ4v) is 19.2. The van der Waals surface area contributed by atoms with Crippen molar-refractivity contribution < 1.29 is 59.6 Å². The molecule has 0 spiro atoms. The molecule has 4 atom stereocenters. The van der Waals surface area contributed by atoms with Gasteiger partial charge in [0.25, 0.3) is 0 Å². The third kappa shape index (κ3) is 14.7. The van der Waals surface area contributed by atoms with Gasteiger partial charge in [-0.15, -0.1) is 0 Å². The fourth-order valence-electron chi connectivity index (χ4n) is 13.1. The average Bonchev–Trinajstić information content (AvgIpc) is 3.26. The summed E-state index contributed by atoms with van der Waals surface area (Å²) in [5.41, 5.74) is -0.0782. The molecule has 0 aromatic heterocycles. The molecule has 368 valence electrons. The quantitative estimate of drug-likeness (QED) is 0.0553. The summed E-state index contributed by atoms with van der Waals surface area (Å²) in [6.07, 6.45) is 17.5. The van der Waals surface area contributed by atoms with E-state index in [0.29, 0.717) is 0 Å². The van der Waals surface area contributed by atoms with E-state index >= 15 is 0 Å². The summed E-state index contributed by atoms with van der Waals surface area (Å²) >= 11 is 0. The molecule has 0 fully saturated rings. The van der Waals surface area contributed by atoms with Gasteiger partial charge in [0.1, 0.15) is 0 Å². The molecule has 0 heterocycles. The van der Waals surface area contributed by atoms with Crippen LogP contribution < -0.4 is 19.6 Å². The molecule has 0 saturated heterocycles. The molecule has 0 rings (SSSR count). The molecule has 0 bridgehead atoms. The minimum atomic E-state index is -2.73. The van der Waals surface area contributed by atoms with Crippen molar-refractivity contribution in [3.63, 3.8) is 0 Å². The maximum absolute atomic E-state index is 11.7. The maximum atomic E-state index is 11.7. The van der Waals surface area contributed by atoms with E-state index < -0.39 is 52.7 Å². The summed E-state index contributed by atoms with van der Waals surface area (Å²) in [7, 11) is -10.9. The van der Waals surface area contributed by atoms with Crippen LogP contribution in [-0.4, -0.2) is 20.6 Å². The first kappa shape index (κ1) is 71.5. The minimum absolute atomic E-state index is 0. The van der Waals surface area contributed by atoms with Crippen molar-refractivity contribution in [2.24, 2.45) is 21.7 Å². The molecule has 0 amide bonds. The predicted molar refractivity (Wildman–Crippen MR) is 262 cm³/mol. The van der Waals surface area contributed by atoms with Gasteiger partial charge >= 0.3 is 21.7 Å². The Bertz CT molecular complexity index is 981. The van der Waals surface area contributed by atoms with Crippen LogP contribution >= 0.6 is 32.1 Å². The van der Waals surface area contributed by atoms with Crippen LogP contribution in [0.2, 0.25) is 0 Å². The monoisotopic (exact) mass is 981 g/mol. The Labute approximate surface area is 398 Å². The molecule has 4 unspecified atom stereocenters. The standard InChI is InChI=1S/4C12H27O2P.Ti/c4*1-6-11(7-2,8-3)12(9-4,10-5)15(13)14;/h4*15H,6-10H2,1-5H3,(H,13,14);/q;;;;+4/p-4. The average molecular weight is 981 g/mol. The topological polar surface area (TPSA) is 161 Å². The van der Waals surface area contributed by atoms with Crippen molar-refractivity contribution >= 4 is 32.1 Å². The van der Waals surface area contributed by atoms with Crippen LogP contribution in [0.5, 0.6) is 0 Å². The van der Waals surface area contributed by atoms with E-state index in [1.807, 2.05) is 55.4 Å². The summed E-state index contributed by atoms with van der Waals surface area (Å²) in [6.45, 7) is 41.6. The zero-order chi connectivity index (χ0) is 48.5. The normalized spacial score (nSPS) is 15.1. The SMILES string of the molecule is CCC(CC)(CC)C(CC)(CC)[PH](=O)[O-].CCC(CC)(CC)C(CC)(CC)[PH](=O)[O-].CCC(CC)(CC)C(CC)(CC)[PH](=O)[O-].CCC(CC)(CC)C(CC)(CC)[PH](=O)[O-].[Ti+4]. The molecule has 0 aliphatic carbocycles. The van der Waals surface area contributed by atoms with Gasteiger partial charge in [-0.05, 0) is 150 Å². The Morgan fingerprint density at radius 3 is 0.328 bits per heavy atom. The number of hydrogen-bond acceptors (Lipinski definition) is 8. The van der Waals surface area contributed by atoms with Gasteiger partial charge in [0, 0.05) is 52.7 Å². The van der Waals surface area contributed by atoms with Crippen molar-refractivity contribution in [3.05, 3.63) is 0 Å². The van der Waals surface area contributed by atoms with Gasteiger partial charge < -0.3 is 37.8 Å². The molecule has 0 saturated carbocycles. The molecular weight excluding hydrogens is 876 g/mol. The van der Waals surface area contributed by atoms with E-state index in [2.05, 4.69) is 83.1 Å². The van der Waals surface area contributed by atoms with Crippen LogP contribution in [0.1, 0.15) is 267 Å². The van der Waals surface area contributed by atoms with Gasteiger partial charge in [0.2, 0.25) is 0 Å². The molecule has 0 N–H and O–H groups in total. The van der Waals surface area contributed by atoms with Crippen LogP contribution in [0.4, 0.5) is 0 Å². The molecular formula is C48H104O8P4Ti. The van der Waals surface area contributed by atoms with Crippen molar-refractivity contribution in [2.45, 2.75) is 288 Å². The van der Waals surface area contributed by atoms with E-state index in [9.17, 15) is 37.8 Å². The fraction of sp³-hybridized carbons (Fsp3) is 1.00. The third-order valence-electron chi connectivity index (χ3n) is 18.6. The first-order chi connectivity index (χ1) is 28.0. The summed E-state index contributed by atoms with van der Waals surface area (Å²) < 4.78 is 46.7. The van der Waals surface area contributed by atoms with Crippen LogP contribution in [0.3, 0.4) is 0 Å². The smallest absolute Gasteiger partial charge is 0.801 e. The molecule has 0 aromatic carbocycles. The van der Waals surface area contributed by atoms with Gasteiger partial charge in [-0.1, -0.05) is 138 Å². The first-order valence-corrected chi connectivity index (χ1v) is 30.1. The zero-order valence-corrected chi connectivity index (χ0v) is 49.5. The van der Waals surface area contributed by atoms with Crippen LogP contribution in [0.25, 0.3) is 0 Å². The summed E-state index contributed by atoms with van der Waals surface area (Å²) in [5.74, 6) is 0. The first-order valence-electron chi connectivity index (χ1n) is 24.8. The molecule has 0 aliphatic rings. The van der Waals surface area contributed by atoms with Gasteiger partial charge in [-0.2, -0.15) is 0 Å². The van der Waals surface area contributed by atoms with Crippen molar-refractivity contribution in [2.75, 3.05) is 0 Å². The molecule has 0 aliphatic heterocycles. The Hall–Kier alpha value is 1.47. The minimum Gasteiger partial charge on any atom is -0.801 e. The van der Waals surface area contributed by atoms with Crippen LogP contribution in [-0.2, 0) is 40.0 Å². The molecule has 61 heavy (non-hydrogen) atoms. The Morgan fingerprint density at radius 2 is 0.311 bits per heavy atom. The van der Waals surface area contributed by atoms with Gasteiger partial charge in [0.05, 0.1) is 0 Å². The van der Waals surface area contributed by atoms with Crippen molar-refractivity contribution in [1.29, 1.82) is 0 Å². The molecule has 0 aromatic rings. The largest absolute Gasteiger partial charge is 4.00 e. The van der Waals surface area contributed by atoms with E-state index in [-0.39, 0.29) is 43.4 Å². The van der Waals surface area contributed by atoms with Gasteiger partial charge in [-0.3, -0.25) is 0 Å². The molecule has 0 radical (unpaired) electrons.